The molecule has 2 aliphatic carbocycles. The monoisotopic (exact) mass is 375 g/mol. The van der Waals surface area contributed by atoms with E-state index in [1.165, 1.54) is 16.7 Å². The Labute approximate surface area is 163 Å². The first-order valence-corrected chi connectivity index (χ1v) is 7.21. The normalized spacial score (nSPS) is 23.4. The van der Waals surface area contributed by atoms with Gasteiger partial charge in [-0.1, -0.05) is 31.6 Å². The predicted octanol–water partition coefficient (Wildman–Crippen LogP) is -1.22. The number of hydrogen-bond acceptors (Lipinski definition) is 1. The molecule has 22 heavy (non-hydrogen) atoms. The van der Waals surface area contributed by atoms with Crippen molar-refractivity contribution < 1.29 is 51.3 Å². The first-order valence-electron chi connectivity index (χ1n) is 7.21. The number of ether oxygens (including phenoxy) is 1. The van der Waals surface area contributed by atoms with Crippen molar-refractivity contribution in [3.63, 3.8) is 0 Å². The van der Waals surface area contributed by atoms with Gasteiger partial charge in [-0.25, -0.2) is 11.6 Å². The van der Waals surface area contributed by atoms with E-state index in [0.717, 1.165) is 19.4 Å². The van der Waals surface area contributed by atoms with E-state index < -0.39 is 0 Å². The molecule has 0 saturated carbocycles. The van der Waals surface area contributed by atoms with Crippen LogP contribution in [0.5, 0.6) is 0 Å². The molecule has 2 aliphatic rings. The summed E-state index contributed by atoms with van der Waals surface area (Å²) in [5.41, 5.74) is 3.64. The van der Waals surface area contributed by atoms with Crippen LogP contribution in [0.4, 0.5) is 0 Å². The van der Waals surface area contributed by atoms with Gasteiger partial charge in [0.15, 0.2) is 0 Å². The molecule has 0 amide bonds. The summed E-state index contributed by atoms with van der Waals surface area (Å²) in [6.45, 7) is 11.7. The number of allylic oxidation sites excluding steroid dienone is 5. The summed E-state index contributed by atoms with van der Waals surface area (Å²) in [6, 6.07) is 0. The molecule has 0 heterocycles. The van der Waals surface area contributed by atoms with Gasteiger partial charge in [0, 0.05) is 6.61 Å². The average molecular weight is 376 g/mol. The predicted molar refractivity (Wildman–Crippen MR) is 80.8 cm³/mol. The zero-order chi connectivity index (χ0) is 14.1. The Morgan fingerprint density at radius 1 is 1.27 bits per heavy atom. The molecular weight excluding hydrogens is 351 g/mol. The zero-order valence-electron chi connectivity index (χ0n) is 14.1. The van der Waals surface area contributed by atoms with Crippen LogP contribution < -0.4 is 24.8 Å². The Hall–Kier alpha value is 0.214. The molecule has 2 rings (SSSR count). The summed E-state index contributed by atoms with van der Waals surface area (Å²) in [4.78, 5) is 0. The van der Waals surface area contributed by atoms with Crippen LogP contribution >= 0.6 is 0 Å². The first-order chi connectivity index (χ1) is 8.94. The zero-order valence-corrected chi connectivity index (χ0v) is 17.2. The maximum absolute atomic E-state index is 6.30. The van der Waals surface area contributed by atoms with E-state index in [-0.39, 0.29) is 57.5 Å². The Morgan fingerprint density at radius 3 is 2.36 bits per heavy atom. The quantitative estimate of drug-likeness (QED) is 0.442. The minimum absolute atomic E-state index is 0. The maximum atomic E-state index is 6.30. The molecule has 0 saturated heterocycles. The van der Waals surface area contributed by atoms with E-state index in [1.54, 1.807) is 0 Å². The van der Waals surface area contributed by atoms with E-state index in [4.69, 9.17) is 4.74 Å². The molecule has 0 spiro atoms. The number of hydrogen-bond donors (Lipinski definition) is 0. The van der Waals surface area contributed by atoms with Gasteiger partial charge in [-0.3, -0.25) is 6.08 Å². The molecule has 1 atom stereocenters. The fourth-order valence-electron chi connectivity index (χ4n) is 3.38. The number of rotatable bonds is 4. The van der Waals surface area contributed by atoms with Crippen LogP contribution in [-0.4, -0.2) is 12.2 Å². The van der Waals surface area contributed by atoms with Crippen LogP contribution in [0.25, 0.3) is 0 Å². The Morgan fingerprint density at radius 2 is 1.91 bits per heavy atom. The van der Waals surface area contributed by atoms with Gasteiger partial charge in [0.2, 0.25) is 0 Å². The van der Waals surface area contributed by atoms with Gasteiger partial charge in [0.1, 0.15) is 0 Å². The maximum Gasteiger partial charge on any atom is 3.00 e. The van der Waals surface area contributed by atoms with Crippen molar-refractivity contribution in [1.29, 1.82) is 0 Å². The van der Waals surface area contributed by atoms with Crippen molar-refractivity contribution in [2.75, 3.05) is 6.61 Å². The molecule has 0 fully saturated rings. The third-order valence-electron chi connectivity index (χ3n) is 4.56. The summed E-state index contributed by atoms with van der Waals surface area (Å²) in [7, 11) is 0. The third kappa shape index (κ3) is 4.19. The fourth-order valence-corrected chi connectivity index (χ4v) is 3.38. The molecule has 1 nitrogen and oxygen atoms in total. The van der Waals surface area contributed by atoms with Crippen molar-refractivity contribution in [2.24, 2.45) is 5.41 Å². The molecule has 0 aliphatic heterocycles. The van der Waals surface area contributed by atoms with Gasteiger partial charge in [0.05, 0.1) is 5.60 Å². The van der Waals surface area contributed by atoms with Crippen molar-refractivity contribution >= 4 is 0 Å². The van der Waals surface area contributed by atoms with Gasteiger partial charge < -0.3 is 29.6 Å². The third-order valence-corrected chi connectivity index (χ3v) is 4.56. The number of halogens is 2. The molecule has 0 N–H and O–H groups in total. The Kier molecular flexibility index (Phi) is 10.6. The molecule has 0 aromatic heterocycles. The summed E-state index contributed by atoms with van der Waals surface area (Å²) < 4.78 is 6.30. The second-order valence-electron chi connectivity index (χ2n) is 6.06. The van der Waals surface area contributed by atoms with E-state index in [1.807, 2.05) is 0 Å². The molecule has 0 aromatic rings. The standard InChI is InChI=1S/C18H25O.2ClH.Ti/c1-6-19-18(12-11-14(2)13-15(18)3)17(4,5)16-9-7-8-10-16;;;/h7,9,11,13H,6,8,12H2,1-5H3;2*1H;/q-1;;;+3/p-2. The van der Waals surface area contributed by atoms with Crippen LogP contribution in [0.3, 0.4) is 0 Å². The van der Waals surface area contributed by atoms with Crippen molar-refractivity contribution in [3.8, 4) is 0 Å². The van der Waals surface area contributed by atoms with Gasteiger partial charge >= 0.3 is 21.7 Å². The summed E-state index contributed by atoms with van der Waals surface area (Å²) in [6.07, 6.45) is 14.3. The van der Waals surface area contributed by atoms with Crippen molar-refractivity contribution in [1.82, 2.24) is 0 Å². The van der Waals surface area contributed by atoms with E-state index in [2.05, 4.69) is 65.0 Å². The first kappa shape index (κ1) is 24.5. The minimum Gasteiger partial charge on any atom is -1.00 e. The Balaban J connectivity index is 0. The minimum atomic E-state index is -0.238. The van der Waals surface area contributed by atoms with E-state index >= 15 is 0 Å². The molecule has 4 heteroatoms. The average Bonchev–Trinajstić information content (AvgIpc) is 2.87. The summed E-state index contributed by atoms with van der Waals surface area (Å²) in [5.74, 6) is 0. The van der Waals surface area contributed by atoms with Gasteiger partial charge in [-0.05, 0) is 38.2 Å². The van der Waals surface area contributed by atoms with Gasteiger partial charge in [0.25, 0.3) is 0 Å². The van der Waals surface area contributed by atoms with E-state index in [0.29, 0.717) is 0 Å². The summed E-state index contributed by atoms with van der Waals surface area (Å²) >= 11 is 0. The molecule has 0 bridgehead atoms. The van der Waals surface area contributed by atoms with Crippen LogP contribution in [0, 0.1) is 11.5 Å². The van der Waals surface area contributed by atoms with Crippen LogP contribution in [0.1, 0.15) is 47.5 Å². The summed E-state index contributed by atoms with van der Waals surface area (Å²) in [5, 5.41) is 0. The second kappa shape index (κ2) is 9.50. The van der Waals surface area contributed by atoms with Crippen LogP contribution in [0.15, 0.2) is 41.0 Å². The van der Waals surface area contributed by atoms with E-state index in [9.17, 15) is 0 Å². The SMILES string of the molecule is CCOC1(C(C)(C)C2=[C-]CC=C2)CC=C(C)C=C1C.[Cl-].[Cl-].[Ti+3]. The fraction of sp³-hybridized carbons (Fsp3) is 0.556. The molecule has 0 aromatic carbocycles. The molecule has 1 radical (unpaired) electrons. The second-order valence-corrected chi connectivity index (χ2v) is 6.06. The molecular formula is C18H25Cl2OTi. The van der Waals surface area contributed by atoms with Crippen LogP contribution in [-0.2, 0) is 26.5 Å². The Bertz CT molecular complexity index is 489. The van der Waals surface area contributed by atoms with Gasteiger partial charge in [-0.15, -0.1) is 6.42 Å². The smallest absolute Gasteiger partial charge is 1.00 e. The molecule has 121 valence electrons. The largest absolute Gasteiger partial charge is 3.00 e. The van der Waals surface area contributed by atoms with Crippen molar-refractivity contribution in [3.05, 3.63) is 47.1 Å². The van der Waals surface area contributed by atoms with Crippen LogP contribution in [0.2, 0.25) is 0 Å². The van der Waals surface area contributed by atoms with Gasteiger partial charge in [-0.2, -0.15) is 6.08 Å². The van der Waals surface area contributed by atoms with Crippen molar-refractivity contribution in [2.45, 2.75) is 53.1 Å². The topological polar surface area (TPSA) is 9.23 Å². The molecule has 1 unspecified atom stereocenters.